The summed E-state index contributed by atoms with van der Waals surface area (Å²) in [6.07, 6.45) is 0. The Morgan fingerprint density at radius 3 is 2.70 bits per heavy atom. The summed E-state index contributed by atoms with van der Waals surface area (Å²) in [6.45, 7) is 7.26. The highest BCUT2D eigenvalue weighted by Gasteiger charge is 2.20. The van der Waals surface area contributed by atoms with Gasteiger partial charge in [-0.1, -0.05) is 11.8 Å². The van der Waals surface area contributed by atoms with Crippen LogP contribution in [-0.2, 0) is 16.1 Å². The Morgan fingerprint density at radius 2 is 2.15 bits per heavy atom. The van der Waals surface area contributed by atoms with Crippen molar-refractivity contribution in [2.24, 2.45) is 5.73 Å². The molecule has 0 radical (unpaired) electrons. The van der Waals surface area contributed by atoms with Crippen LogP contribution in [0.2, 0.25) is 0 Å². The summed E-state index contributed by atoms with van der Waals surface area (Å²) in [5.41, 5.74) is 5.65. The molecule has 1 unspecified atom stereocenters. The normalized spacial score (nSPS) is 12.7. The lowest BCUT2D eigenvalue weighted by molar-refractivity contribution is -0.120. The molecule has 1 amide bonds. The SMILES string of the molecule is COCCNC(=O)C(C)Sc1nnc(CN)n1C(C)C. The molecule has 1 aromatic heterocycles. The number of ether oxygens (including phenoxy) is 1. The molecule has 0 aromatic carbocycles. The number of hydrogen-bond acceptors (Lipinski definition) is 6. The molecule has 1 atom stereocenters. The minimum atomic E-state index is -0.251. The van der Waals surface area contributed by atoms with Gasteiger partial charge in [0, 0.05) is 19.7 Å². The maximum atomic E-state index is 11.9. The Morgan fingerprint density at radius 1 is 1.45 bits per heavy atom. The maximum absolute atomic E-state index is 11.9. The molecular formula is C12H23N5O2S. The average Bonchev–Trinajstić information content (AvgIpc) is 2.81. The van der Waals surface area contributed by atoms with Crippen LogP contribution in [0, 0.1) is 0 Å². The van der Waals surface area contributed by atoms with E-state index in [2.05, 4.69) is 15.5 Å². The quantitative estimate of drug-likeness (QED) is 0.538. The summed E-state index contributed by atoms with van der Waals surface area (Å²) in [7, 11) is 1.60. The van der Waals surface area contributed by atoms with Crippen molar-refractivity contribution in [3.63, 3.8) is 0 Å². The largest absolute Gasteiger partial charge is 0.383 e. The van der Waals surface area contributed by atoms with Crippen LogP contribution < -0.4 is 11.1 Å². The first-order chi connectivity index (χ1) is 9.51. The summed E-state index contributed by atoms with van der Waals surface area (Å²) in [5, 5.41) is 11.5. The van der Waals surface area contributed by atoms with E-state index in [1.54, 1.807) is 7.11 Å². The monoisotopic (exact) mass is 301 g/mol. The van der Waals surface area contributed by atoms with Gasteiger partial charge in [-0.15, -0.1) is 10.2 Å². The topological polar surface area (TPSA) is 95.1 Å². The zero-order valence-corrected chi connectivity index (χ0v) is 13.2. The lowest BCUT2D eigenvalue weighted by Gasteiger charge is -2.15. The molecular weight excluding hydrogens is 278 g/mol. The molecule has 1 aromatic rings. The van der Waals surface area contributed by atoms with Crippen molar-refractivity contribution in [2.45, 2.75) is 43.8 Å². The molecule has 8 heteroatoms. The second kappa shape index (κ2) is 8.23. The number of methoxy groups -OCH3 is 1. The van der Waals surface area contributed by atoms with Crippen LogP contribution in [0.15, 0.2) is 5.16 Å². The highest BCUT2D eigenvalue weighted by Crippen LogP contribution is 2.25. The second-order valence-corrected chi connectivity index (χ2v) is 5.92. The fraction of sp³-hybridized carbons (Fsp3) is 0.750. The minimum Gasteiger partial charge on any atom is -0.383 e. The van der Waals surface area contributed by atoms with E-state index in [0.717, 1.165) is 11.0 Å². The average molecular weight is 301 g/mol. The fourth-order valence-corrected chi connectivity index (χ4v) is 2.70. The Hall–Kier alpha value is -1.12. The van der Waals surface area contributed by atoms with Crippen LogP contribution in [0.1, 0.15) is 32.6 Å². The van der Waals surface area contributed by atoms with E-state index in [-0.39, 0.29) is 17.2 Å². The first kappa shape index (κ1) is 16.9. The fourth-order valence-electron chi connectivity index (χ4n) is 1.68. The Kier molecular flexibility index (Phi) is 6.97. The van der Waals surface area contributed by atoms with Crippen molar-refractivity contribution < 1.29 is 9.53 Å². The van der Waals surface area contributed by atoms with Crippen LogP contribution in [0.25, 0.3) is 0 Å². The van der Waals surface area contributed by atoms with Gasteiger partial charge < -0.3 is 20.4 Å². The van der Waals surface area contributed by atoms with E-state index in [9.17, 15) is 4.79 Å². The number of aromatic nitrogens is 3. The number of hydrogen-bond donors (Lipinski definition) is 2. The van der Waals surface area contributed by atoms with Gasteiger partial charge in [0.15, 0.2) is 5.16 Å². The maximum Gasteiger partial charge on any atom is 0.233 e. The number of nitrogens with zero attached hydrogens (tertiary/aromatic N) is 3. The van der Waals surface area contributed by atoms with E-state index >= 15 is 0 Å². The minimum absolute atomic E-state index is 0.0420. The summed E-state index contributed by atoms with van der Waals surface area (Å²) in [4.78, 5) is 11.9. The number of carbonyl (C=O) groups excluding carboxylic acids is 1. The summed E-state index contributed by atoms with van der Waals surface area (Å²) in [5.74, 6) is 0.689. The smallest absolute Gasteiger partial charge is 0.233 e. The highest BCUT2D eigenvalue weighted by atomic mass is 32.2. The molecule has 7 nitrogen and oxygen atoms in total. The van der Waals surface area contributed by atoms with Crippen molar-refractivity contribution in [2.75, 3.05) is 20.3 Å². The zero-order valence-electron chi connectivity index (χ0n) is 12.4. The number of rotatable bonds is 8. The van der Waals surface area contributed by atoms with Gasteiger partial charge in [0.25, 0.3) is 0 Å². The summed E-state index contributed by atoms with van der Waals surface area (Å²) < 4.78 is 6.86. The van der Waals surface area contributed by atoms with Crippen molar-refractivity contribution in [1.82, 2.24) is 20.1 Å². The van der Waals surface area contributed by atoms with Crippen molar-refractivity contribution in [3.8, 4) is 0 Å². The third-order valence-corrected chi connectivity index (χ3v) is 3.75. The molecule has 0 aliphatic heterocycles. The molecule has 3 N–H and O–H groups in total. The number of thioether (sulfide) groups is 1. The highest BCUT2D eigenvalue weighted by molar-refractivity contribution is 8.00. The van der Waals surface area contributed by atoms with Crippen molar-refractivity contribution in [3.05, 3.63) is 5.82 Å². The number of carbonyl (C=O) groups is 1. The molecule has 20 heavy (non-hydrogen) atoms. The van der Waals surface area contributed by atoms with Gasteiger partial charge in [-0.05, 0) is 20.8 Å². The second-order valence-electron chi connectivity index (χ2n) is 4.61. The van der Waals surface area contributed by atoms with Gasteiger partial charge >= 0.3 is 0 Å². The molecule has 1 rings (SSSR count). The molecule has 0 saturated heterocycles. The van der Waals surface area contributed by atoms with E-state index in [1.807, 2.05) is 25.3 Å². The molecule has 114 valence electrons. The first-order valence-electron chi connectivity index (χ1n) is 6.58. The number of nitrogens with one attached hydrogen (secondary N) is 1. The van der Waals surface area contributed by atoms with Crippen LogP contribution in [0.4, 0.5) is 0 Å². The van der Waals surface area contributed by atoms with Gasteiger partial charge in [-0.25, -0.2) is 0 Å². The summed E-state index contributed by atoms with van der Waals surface area (Å²) >= 11 is 1.38. The Bertz CT molecular complexity index is 435. The van der Waals surface area contributed by atoms with E-state index in [0.29, 0.717) is 19.7 Å². The first-order valence-corrected chi connectivity index (χ1v) is 7.46. The number of amides is 1. The molecule has 0 spiro atoms. The van der Waals surface area contributed by atoms with Gasteiger partial charge in [0.05, 0.1) is 18.4 Å². The van der Waals surface area contributed by atoms with Crippen molar-refractivity contribution in [1.29, 1.82) is 0 Å². The van der Waals surface area contributed by atoms with Crippen LogP contribution in [0.5, 0.6) is 0 Å². The predicted octanol–water partition coefficient (Wildman–Crippen LogP) is 0.561. The van der Waals surface area contributed by atoms with Crippen molar-refractivity contribution >= 4 is 17.7 Å². The number of nitrogens with two attached hydrogens (primary N) is 1. The van der Waals surface area contributed by atoms with Crippen LogP contribution >= 0.6 is 11.8 Å². The molecule has 0 saturated carbocycles. The predicted molar refractivity (Wildman–Crippen MR) is 78.5 cm³/mol. The molecule has 0 fully saturated rings. The van der Waals surface area contributed by atoms with E-state index in [4.69, 9.17) is 10.5 Å². The van der Waals surface area contributed by atoms with E-state index in [1.165, 1.54) is 11.8 Å². The zero-order chi connectivity index (χ0) is 15.1. The molecule has 0 bridgehead atoms. The lowest BCUT2D eigenvalue weighted by Crippen LogP contribution is -2.33. The molecule has 0 aliphatic carbocycles. The lowest BCUT2D eigenvalue weighted by atomic mass is 10.4. The van der Waals surface area contributed by atoms with E-state index < -0.39 is 0 Å². The van der Waals surface area contributed by atoms with Crippen LogP contribution in [-0.4, -0.2) is 46.2 Å². The van der Waals surface area contributed by atoms with Gasteiger partial charge in [-0.3, -0.25) is 4.79 Å². The summed E-state index contributed by atoms with van der Waals surface area (Å²) in [6, 6.07) is 0.204. The third kappa shape index (κ3) is 4.46. The molecule has 0 aliphatic rings. The molecule has 1 heterocycles. The van der Waals surface area contributed by atoms with Gasteiger partial charge in [0.2, 0.25) is 5.91 Å². The van der Waals surface area contributed by atoms with Gasteiger partial charge in [0.1, 0.15) is 5.82 Å². The standard InChI is InChI=1S/C12H23N5O2S/c1-8(2)17-10(7-13)15-16-12(17)20-9(3)11(18)14-5-6-19-4/h8-9H,5-7,13H2,1-4H3,(H,14,18). The Labute approximate surface area is 123 Å². The Balaban J connectivity index is 2.68. The van der Waals surface area contributed by atoms with Gasteiger partial charge in [-0.2, -0.15) is 0 Å². The third-order valence-electron chi connectivity index (χ3n) is 2.69. The van der Waals surface area contributed by atoms with Crippen LogP contribution in [0.3, 0.4) is 0 Å².